The number of rotatable bonds is 3. The summed E-state index contributed by atoms with van der Waals surface area (Å²) in [7, 11) is 1.26. The zero-order chi connectivity index (χ0) is 18.1. The van der Waals surface area contributed by atoms with Gasteiger partial charge in [-0.2, -0.15) is 5.26 Å². The van der Waals surface area contributed by atoms with E-state index < -0.39 is 5.97 Å². The number of carbonyl (C=O) groups is 2. The van der Waals surface area contributed by atoms with Crippen molar-refractivity contribution in [2.24, 2.45) is 0 Å². The lowest BCUT2D eigenvalue weighted by Gasteiger charge is -2.21. The molecule has 2 aromatic rings. The van der Waals surface area contributed by atoms with Crippen molar-refractivity contribution in [1.29, 1.82) is 5.26 Å². The van der Waals surface area contributed by atoms with Crippen molar-refractivity contribution >= 4 is 23.3 Å². The van der Waals surface area contributed by atoms with Gasteiger partial charge in [0.15, 0.2) is 5.69 Å². The Morgan fingerprint density at radius 3 is 2.72 bits per heavy atom. The van der Waals surface area contributed by atoms with Crippen LogP contribution in [0.5, 0.6) is 0 Å². The van der Waals surface area contributed by atoms with Crippen molar-refractivity contribution < 1.29 is 14.3 Å². The number of anilines is 2. The van der Waals surface area contributed by atoms with Crippen LogP contribution in [0.3, 0.4) is 0 Å². The Balaban J connectivity index is 2.27. The lowest BCUT2D eigenvalue weighted by atomic mass is 10.1. The van der Waals surface area contributed by atoms with Gasteiger partial charge in [-0.15, -0.1) is 0 Å². The van der Waals surface area contributed by atoms with Gasteiger partial charge >= 0.3 is 5.97 Å². The van der Waals surface area contributed by atoms with Crippen LogP contribution in [-0.2, 0) is 9.53 Å². The molecule has 1 saturated heterocycles. The van der Waals surface area contributed by atoms with Crippen molar-refractivity contribution in [1.82, 2.24) is 4.57 Å². The van der Waals surface area contributed by atoms with Gasteiger partial charge in [0.05, 0.1) is 29.7 Å². The van der Waals surface area contributed by atoms with E-state index in [1.54, 1.807) is 4.90 Å². The van der Waals surface area contributed by atoms with Gasteiger partial charge in [-0.1, -0.05) is 6.07 Å². The molecule has 0 atom stereocenters. The van der Waals surface area contributed by atoms with E-state index in [0.717, 1.165) is 12.0 Å². The summed E-state index contributed by atoms with van der Waals surface area (Å²) < 4.78 is 6.36. The molecule has 0 unspecified atom stereocenters. The normalized spacial score (nSPS) is 13.8. The number of nitrogens with two attached hydrogens (primary N) is 1. The predicted octanol–water partition coefficient (Wildman–Crippen LogP) is 2.15. The maximum absolute atomic E-state index is 12.2. The first-order chi connectivity index (χ1) is 12.0. The Morgan fingerprint density at radius 2 is 2.12 bits per heavy atom. The molecule has 7 nitrogen and oxygen atoms in total. The molecule has 1 fully saturated rings. The number of carbonyl (C=O) groups excluding carboxylic acids is 2. The lowest BCUT2D eigenvalue weighted by Crippen LogP contribution is -2.25. The minimum atomic E-state index is -0.640. The number of amides is 1. The summed E-state index contributed by atoms with van der Waals surface area (Å²) in [6.07, 6.45) is 2.78. The number of nitrogens with zero attached hydrogens (tertiary/aromatic N) is 3. The van der Waals surface area contributed by atoms with Crippen molar-refractivity contribution in [3.8, 4) is 11.8 Å². The Kier molecular flexibility index (Phi) is 4.19. The average molecular weight is 338 g/mol. The van der Waals surface area contributed by atoms with Crippen LogP contribution in [0.15, 0.2) is 24.4 Å². The maximum Gasteiger partial charge on any atom is 0.357 e. The van der Waals surface area contributed by atoms with Crippen LogP contribution in [0.25, 0.3) is 5.69 Å². The fraction of sp³-hybridized carbons (Fsp3) is 0.278. The molecule has 0 bridgehead atoms. The number of aryl methyl sites for hydroxylation is 1. The molecule has 25 heavy (non-hydrogen) atoms. The smallest absolute Gasteiger partial charge is 0.357 e. The van der Waals surface area contributed by atoms with Crippen molar-refractivity contribution in [2.75, 3.05) is 24.3 Å². The molecule has 0 radical (unpaired) electrons. The fourth-order valence-electron chi connectivity index (χ4n) is 3.06. The van der Waals surface area contributed by atoms with Crippen molar-refractivity contribution in [3.63, 3.8) is 0 Å². The number of hydrogen-bond donors (Lipinski definition) is 1. The fourth-order valence-corrected chi connectivity index (χ4v) is 3.06. The van der Waals surface area contributed by atoms with Gasteiger partial charge in [0, 0.05) is 19.2 Å². The van der Waals surface area contributed by atoms with Crippen molar-refractivity contribution in [2.45, 2.75) is 19.8 Å². The number of aromatic nitrogens is 1. The quantitative estimate of drug-likeness (QED) is 0.864. The summed E-state index contributed by atoms with van der Waals surface area (Å²) in [4.78, 5) is 26.1. The number of nitriles is 1. The molecule has 0 aliphatic carbocycles. The molecule has 1 aliphatic heterocycles. The maximum atomic E-state index is 12.2. The highest BCUT2D eigenvalue weighted by Gasteiger charge is 2.28. The molecule has 1 aromatic heterocycles. The van der Waals surface area contributed by atoms with Crippen molar-refractivity contribution in [3.05, 3.63) is 41.2 Å². The van der Waals surface area contributed by atoms with E-state index in [4.69, 9.17) is 10.5 Å². The van der Waals surface area contributed by atoms with Crippen LogP contribution in [0, 0.1) is 18.3 Å². The molecule has 3 rings (SSSR count). The van der Waals surface area contributed by atoms with E-state index in [1.165, 1.54) is 17.9 Å². The van der Waals surface area contributed by atoms with E-state index in [1.807, 2.05) is 31.2 Å². The number of ether oxygens (including phenoxy) is 1. The van der Waals surface area contributed by atoms with Crippen LogP contribution in [-0.4, -0.2) is 30.1 Å². The van der Waals surface area contributed by atoms with Gasteiger partial charge < -0.3 is 19.9 Å². The summed E-state index contributed by atoms with van der Waals surface area (Å²) >= 11 is 0. The van der Waals surface area contributed by atoms with E-state index in [9.17, 15) is 14.9 Å². The first-order valence-electron chi connectivity index (χ1n) is 7.88. The van der Waals surface area contributed by atoms with Crippen LogP contribution >= 0.6 is 0 Å². The molecule has 0 saturated carbocycles. The van der Waals surface area contributed by atoms with Crippen LogP contribution in [0.2, 0.25) is 0 Å². The van der Waals surface area contributed by atoms with E-state index in [2.05, 4.69) is 0 Å². The molecule has 0 spiro atoms. The second kappa shape index (κ2) is 6.32. The SMILES string of the molecule is COC(=O)c1c(N)c(C#N)cn1-c1cc(C)ccc1N1CCCC1=O. The van der Waals surface area contributed by atoms with E-state index in [0.29, 0.717) is 24.3 Å². The third-order valence-electron chi connectivity index (χ3n) is 4.30. The zero-order valence-electron chi connectivity index (χ0n) is 14.1. The summed E-state index contributed by atoms with van der Waals surface area (Å²) in [5, 5.41) is 9.28. The van der Waals surface area contributed by atoms with Gasteiger partial charge in [-0.05, 0) is 31.0 Å². The second-order valence-electron chi connectivity index (χ2n) is 5.92. The summed E-state index contributed by atoms with van der Waals surface area (Å²) in [5.74, 6) is -0.607. The number of hydrogen-bond acceptors (Lipinski definition) is 5. The van der Waals surface area contributed by atoms with E-state index in [-0.39, 0.29) is 22.9 Å². The summed E-state index contributed by atoms with van der Waals surface area (Å²) in [5.41, 5.74) is 8.54. The van der Waals surface area contributed by atoms with Crippen LogP contribution in [0.1, 0.15) is 34.5 Å². The average Bonchev–Trinajstić information content (AvgIpc) is 3.17. The molecule has 1 amide bonds. The molecule has 2 N–H and O–H groups in total. The Morgan fingerprint density at radius 1 is 1.36 bits per heavy atom. The number of esters is 1. The third-order valence-corrected chi connectivity index (χ3v) is 4.30. The molecular weight excluding hydrogens is 320 g/mol. The molecule has 1 aliphatic rings. The highest BCUT2D eigenvalue weighted by Crippen LogP contribution is 2.33. The molecule has 1 aromatic carbocycles. The predicted molar refractivity (Wildman–Crippen MR) is 92.6 cm³/mol. The minimum Gasteiger partial charge on any atom is -0.464 e. The number of methoxy groups -OCH3 is 1. The highest BCUT2D eigenvalue weighted by atomic mass is 16.5. The standard InChI is InChI=1S/C18H18N4O3/c1-11-5-6-13(21-7-3-4-15(21)23)14(8-11)22-10-12(9-19)16(20)17(22)18(24)25-2/h5-6,8,10H,3-4,7,20H2,1-2H3. The Bertz CT molecular complexity index is 908. The van der Waals surface area contributed by atoms with E-state index >= 15 is 0 Å². The monoisotopic (exact) mass is 338 g/mol. The van der Waals surface area contributed by atoms with Crippen LogP contribution < -0.4 is 10.6 Å². The Hall–Kier alpha value is -3.27. The first kappa shape index (κ1) is 16.6. The first-order valence-corrected chi connectivity index (χ1v) is 7.88. The summed E-state index contributed by atoms with van der Waals surface area (Å²) in [6, 6.07) is 7.59. The largest absolute Gasteiger partial charge is 0.464 e. The highest BCUT2D eigenvalue weighted by molar-refractivity contribution is 5.99. The van der Waals surface area contributed by atoms with Gasteiger partial charge in [0.1, 0.15) is 6.07 Å². The topological polar surface area (TPSA) is 101 Å². The second-order valence-corrected chi connectivity index (χ2v) is 5.92. The number of nitrogen functional groups attached to an aromatic ring is 1. The zero-order valence-corrected chi connectivity index (χ0v) is 14.1. The minimum absolute atomic E-state index is 0.0327. The molecule has 7 heteroatoms. The molecular formula is C18H18N4O3. The van der Waals surface area contributed by atoms with Gasteiger partial charge in [-0.25, -0.2) is 4.79 Å². The molecule has 128 valence electrons. The number of benzene rings is 1. The lowest BCUT2D eigenvalue weighted by molar-refractivity contribution is -0.117. The third kappa shape index (κ3) is 2.72. The van der Waals surface area contributed by atoms with Crippen LogP contribution in [0.4, 0.5) is 11.4 Å². The van der Waals surface area contributed by atoms with Gasteiger partial charge in [-0.3, -0.25) is 4.79 Å². The van der Waals surface area contributed by atoms with Gasteiger partial charge in [0.2, 0.25) is 5.91 Å². The Labute approximate surface area is 145 Å². The molecule has 2 heterocycles. The summed E-state index contributed by atoms with van der Waals surface area (Å²) in [6.45, 7) is 2.53. The van der Waals surface area contributed by atoms with Gasteiger partial charge in [0.25, 0.3) is 0 Å².